The van der Waals surface area contributed by atoms with Crippen LogP contribution >= 0.6 is 24.0 Å². The van der Waals surface area contributed by atoms with Crippen LogP contribution in [0, 0.1) is 5.92 Å². The molecule has 0 aliphatic carbocycles. The Labute approximate surface area is 193 Å². The Balaban J connectivity index is 0.00000420. The van der Waals surface area contributed by atoms with Crippen molar-refractivity contribution >= 4 is 39.8 Å². The van der Waals surface area contributed by atoms with E-state index in [1.54, 1.807) is 7.05 Å². The van der Waals surface area contributed by atoms with Crippen LogP contribution in [0.25, 0.3) is 0 Å². The first-order valence-corrected chi connectivity index (χ1v) is 12.3. The lowest BCUT2D eigenvalue weighted by molar-refractivity contribution is 0.138. The lowest BCUT2D eigenvalue weighted by Gasteiger charge is -2.37. The van der Waals surface area contributed by atoms with Crippen LogP contribution in [-0.4, -0.2) is 64.0 Å². The van der Waals surface area contributed by atoms with E-state index in [1.807, 2.05) is 6.92 Å². The number of piperidine rings is 1. The van der Waals surface area contributed by atoms with Gasteiger partial charge in [0.1, 0.15) is 9.84 Å². The predicted octanol–water partition coefficient (Wildman–Crippen LogP) is 3.07. The zero-order chi connectivity index (χ0) is 20.6. The van der Waals surface area contributed by atoms with Crippen molar-refractivity contribution in [2.24, 2.45) is 10.9 Å². The van der Waals surface area contributed by atoms with E-state index < -0.39 is 9.84 Å². The number of sulfone groups is 1. The highest BCUT2D eigenvalue weighted by atomic mass is 127. The summed E-state index contributed by atoms with van der Waals surface area (Å²) >= 11 is 0. The molecule has 1 aliphatic rings. The quantitative estimate of drug-likeness (QED) is 0.304. The minimum absolute atomic E-state index is 0. The monoisotopic (exact) mass is 536 g/mol. The number of hydrogen-bond acceptors (Lipinski definition) is 4. The highest BCUT2D eigenvalue weighted by Crippen LogP contribution is 2.26. The molecule has 2 N–H and O–H groups in total. The molecule has 1 aromatic rings. The van der Waals surface area contributed by atoms with Gasteiger partial charge in [-0.05, 0) is 50.8 Å². The molecule has 1 saturated heterocycles. The molecule has 0 radical (unpaired) electrons. The Morgan fingerprint density at radius 3 is 2.41 bits per heavy atom. The van der Waals surface area contributed by atoms with Crippen molar-refractivity contribution in [1.82, 2.24) is 15.5 Å². The van der Waals surface area contributed by atoms with E-state index in [4.69, 9.17) is 0 Å². The first-order valence-electron chi connectivity index (χ1n) is 10.2. The van der Waals surface area contributed by atoms with Gasteiger partial charge in [0.25, 0.3) is 0 Å². The molecule has 166 valence electrons. The number of likely N-dealkylation sites (tertiary alicyclic amines) is 1. The van der Waals surface area contributed by atoms with Gasteiger partial charge in [0, 0.05) is 25.9 Å². The molecule has 1 fully saturated rings. The number of guanidine groups is 1. The number of nitrogens with one attached hydrogen (secondary N) is 2. The standard InChI is InChI=1S/C21H36N4O2S.HI/c1-17-10-13-25(14-11-17)20(19-8-6-5-7-9-19)16-23-21(22-3)24-18(2)12-15-28(4,26)27;/h5-9,17-18,20H,10-16H2,1-4H3,(H2,22,23,24);1H. The van der Waals surface area contributed by atoms with Gasteiger partial charge < -0.3 is 10.6 Å². The number of nitrogens with zero attached hydrogens (tertiary/aromatic N) is 2. The van der Waals surface area contributed by atoms with Crippen LogP contribution in [0.15, 0.2) is 35.3 Å². The summed E-state index contributed by atoms with van der Waals surface area (Å²) in [5.41, 5.74) is 1.31. The number of benzene rings is 1. The molecule has 0 bridgehead atoms. The third-order valence-corrected chi connectivity index (χ3v) is 6.41. The molecule has 0 aromatic heterocycles. The maximum Gasteiger partial charge on any atom is 0.191 e. The van der Waals surface area contributed by atoms with Gasteiger partial charge in [0.15, 0.2) is 5.96 Å². The third-order valence-electron chi connectivity index (χ3n) is 5.43. The summed E-state index contributed by atoms with van der Waals surface area (Å²) in [4.78, 5) is 6.88. The number of aliphatic imine (C=N–C) groups is 1. The zero-order valence-corrected chi connectivity index (χ0v) is 21.2. The Morgan fingerprint density at radius 2 is 1.86 bits per heavy atom. The van der Waals surface area contributed by atoms with Crippen molar-refractivity contribution < 1.29 is 8.42 Å². The van der Waals surface area contributed by atoms with E-state index >= 15 is 0 Å². The normalized spacial score (nSPS) is 18.6. The molecule has 0 spiro atoms. The van der Waals surface area contributed by atoms with Crippen LogP contribution in [-0.2, 0) is 9.84 Å². The summed E-state index contributed by atoms with van der Waals surface area (Å²) in [7, 11) is -1.20. The van der Waals surface area contributed by atoms with Crippen LogP contribution in [0.4, 0.5) is 0 Å². The summed E-state index contributed by atoms with van der Waals surface area (Å²) in [6.07, 6.45) is 4.31. The second-order valence-corrected chi connectivity index (χ2v) is 10.3. The number of rotatable bonds is 8. The van der Waals surface area contributed by atoms with Crippen molar-refractivity contribution in [3.8, 4) is 0 Å². The fourth-order valence-electron chi connectivity index (χ4n) is 3.56. The van der Waals surface area contributed by atoms with Gasteiger partial charge in [-0.15, -0.1) is 24.0 Å². The van der Waals surface area contributed by atoms with Gasteiger partial charge in [-0.3, -0.25) is 9.89 Å². The van der Waals surface area contributed by atoms with E-state index in [0.717, 1.165) is 25.6 Å². The van der Waals surface area contributed by atoms with E-state index in [2.05, 4.69) is 57.8 Å². The van der Waals surface area contributed by atoms with Crippen LogP contribution in [0.1, 0.15) is 44.7 Å². The summed E-state index contributed by atoms with van der Waals surface area (Å²) < 4.78 is 22.8. The largest absolute Gasteiger partial charge is 0.354 e. The molecule has 2 unspecified atom stereocenters. The minimum Gasteiger partial charge on any atom is -0.354 e. The maximum atomic E-state index is 11.4. The van der Waals surface area contributed by atoms with E-state index in [0.29, 0.717) is 18.4 Å². The van der Waals surface area contributed by atoms with E-state index in [1.165, 1.54) is 24.7 Å². The Bertz CT molecular complexity index is 719. The lowest BCUT2D eigenvalue weighted by Crippen LogP contribution is -2.47. The fraction of sp³-hybridized carbons (Fsp3) is 0.667. The predicted molar refractivity (Wildman–Crippen MR) is 133 cm³/mol. The molecule has 29 heavy (non-hydrogen) atoms. The SMILES string of the molecule is CN=C(NCC(c1ccccc1)N1CCC(C)CC1)NC(C)CCS(C)(=O)=O.I. The molecular weight excluding hydrogens is 499 g/mol. The Morgan fingerprint density at radius 1 is 1.24 bits per heavy atom. The van der Waals surface area contributed by atoms with Crippen molar-refractivity contribution in [3.05, 3.63) is 35.9 Å². The molecule has 1 aliphatic heterocycles. The van der Waals surface area contributed by atoms with Crippen molar-refractivity contribution in [1.29, 1.82) is 0 Å². The van der Waals surface area contributed by atoms with E-state index in [-0.39, 0.29) is 35.8 Å². The summed E-state index contributed by atoms with van der Waals surface area (Å²) in [5, 5.41) is 6.76. The first kappa shape index (κ1) is 26.2. The minimum atomic E-state index is -2.95. The fourth-order valence-corrected chi connectivity index (χ4v) is 4.34. The molecule has 0 amide bonds. The van der Waals surface area contributed by atoms with Crippen molar-refractivity contribution in [3.63, 3.8) is 0 Å². The Kier molecular flexibility index (Phi) is 11.5. The van der Waals surface area contributed by atoms with Gasteiger partial charge in [-0.2, -0.15) is 0 Å². The molecular formula is C21H37IN4O2S. The van der Waals surface area contributed by atoms with Crippen LogP contribution in [0.2, 0.25) is 0 Å². The molecule has 1 aromatic carbocycles. The van der Waals surface area contributed by atoms with Crippen molar-refractivity contribution in [2.45, 2.75) is 45.2 Å². The Hall–Kier alpha value is -0.870. The number of hydrogen-bond donors (Lipinski definition) is 2. The average Bonchev–Trinajstić information content (AvgIpc) is 2.67. The average molecular weight is 537 g/mol. The van der Waals surface area contributed by atoms with Gasteiger partial charge in [0.05, 0.1) is 11.8 Å². The summed E-state index contributed by atoms with van der Waals surface area (Å²) in [5.74, 6) is 1.69. The van der Waals surface area contributed by atoms with Crippen LogP contribution in [0.5, 0.6) is 0 Å². The zero-order valence-electron chi connectivity index (χ0n) is 18.1. The first-order chi connectivity index (χ1) is 13.3. The summed E-state index contributed by atoms with van der Waals surface area (Å²) in [6.45, 7) is 7.30. The van der Waals surface area contributed by atoms with Crippen LogP contribution in [0.3, 0.4) is 0 Å². The smallest absolute Gasteiger partial charge is 0.191 e. The third kappa shape index (κ3) is 9.65. The van der Waals surface area contributed by atoms with Gasteiger partial charge in [-0.25, -0.2) is 8.42 Å². The summed E-state index contributed by atoms with van der Waals surface area (Å²) in [6, 6.07) is 10.9. The topological polar surface area (TPSA) is 73.8 Å². The maximum absolute atomic E-state index is 11.4. The highest BCUT2D eigenvalue weighted by Gasteiger charge is 2.24. The lowest BCUT2D eigenvalue weighted by atomic mass is 9.95. The van der Waals surface area contributed by atoms with Gasteiger partial charge in [0.2, 0.25) is 0 Å². The molecule has 6 nitrogen and oxygen atoms in total. The second kappa shape index (κ2) is 12.7. The molecule has 0 saturated carbocycles. The van der Waals surface area contributed by atoms with Crippen LogP contribution < -0.4 is 10.6 Å². The second-order valence-electron chi connectivity index (χ2n) is 8.06. The highest BCUT2D eigenvalue weighted by molar-refractivity contribution is 14.0. The van der Waals surface area contributed by atoms with E-state index in [9.17, 15) is 8.42 Å². The molecule has 2 rings (SSSR count). The molecule has 1 heterocycles. The molecule has 2 atom stereocenters. The number of halogens is 1. The van der Waals surface area contributed by atoms with Gasteiger partial charge in [-0.1, -0.05) is 37.3 Å². The molecule has 8 heteroatoms. The van der Waals surface area contributed by atoms with Crippen molar-refractivity contribution in [2.75, 3.05) is 38.7 Å². The van der Waals surface area contributed by atoms with Gasteiger partial charge >= 0.3 is 0 Å².